The second-order valence-corrected chi connectivity index (χ2v) is 10.9. The first-order valence-corrected chi connectivity index (χ1v) is 13.5. The van der Waals surface area contributed by atoms with E-state index in [1.165, 1.54) is 0 Å². The second-order valence-electron chi connectivity index (χ2n) is 10.9. The zero-order valence-electron chi connectivity index (χ0n) is 30.3. The van der Waals surface area contributed by atoms with E-state index in [4.69, 9.17) is 33.9 Å². The number of hydrogen-bond acceptors (Lipinski definition) is 7. The molecular weight excluding hydrogens is 498 g/mol. The van der Waals surface area contributed by atoms with Gasteiger partial charge in [-0.3, -0.25) is 9.59 Å². The minimum Gasteiger partial charge on any atom is -0.493 e. The number of methoxy groups -OCH3 is 2. The van der Waals surface area contributed by atoms with E-state index < -0.39 is 55.5 Å². The second kappa shape index (κ2) is 16.7. The predicted molar refractivity (Wildman–Crippen MR) is 155 cm³/mol. The molecule has 6 N–H and O–H groups in total. The van der Waals surface area contributed by atoms with E-state index in [0.29, 0.717) is 37.6 Å². The standard InChI is InChI=1S/C30H53N3O6/c1-19(2)22(14-21-10-11-26(38-8)27(15-21)39-13-9-12-37-7)16-24(31)25(34)17-23(20(3)4)28(35)33-18-30(5,6)29(32)36/h10-11,15,19-20,22-25,34H,9,12-14,16-18,31H2,1-8H3,(H2,32,36)(H,33,35)/t22-,23+,24+,25+/m1/s1/i5D3,6D3. The van der Waals surface area contributed by atoms with Gasteiger partial charge < -0.3 is 36.1 Å². The molecular formula is C30H53N3O6. The van der Waals surface area contributed by atoms with E-state index in [2.05, 4.69) is 19.2 Å². The number of aliphatic hydroxyl groups excluding tert-OH is 1. The van der Waals surface area contributed by atoms with Crippen LogP contribution >= 0.6 is 0 Å². The lowest BCUT2D eigenvalue weighted by atomic mass is 9.80. The average molecular weight is 558 g/mol. The predicted octanol–water partition coefficient (Wildman–Crippen LogP) is 3.29. The number of amides is 2. The largest absolute Gasteiger partial charge is 0.493 e. The molecule has 0 aliphatic heterocycles. The highest BCUT2D eigenvalue weighted by molar-refractivity contribution is 5.83. The lowest BCUT2D eigenvalue weighted by Crippen LogP contribution is -2.46. The highest BCUT2D eigenvalue weighted by Gasteiger charge is 2.32. The molecule has 1 aromatic carbocycles. The van der Waals surface area contributed by atoms with Gasteiger partial charge in [-0.2, -0.15) is 0 Å². The molecule has 0 aliphatic rings. The highest BCUT2D eigenvalue weighted by atomic mass is 16.5. The first kappa shape index (κ1) is 25.6. The van der Waals surface area contributed by atoms with E-state index >= 15 is 0 Å². The Morgan fingerprint density at radius 2 is 1.77 bits per heavy atom. The van der Waals surface area contributed by atoms with Crippen LogP contribution in [0.2, 0.25) is 0 Å². The number of nitrogens with one attached hydrogen (secondary N) is 1. The number of carbonyl (C=O) groups is 2. The molecule has 4 atom stereocenters. The lowest BCUT2D eigenvalue weighted by Gasteiger charge is -2.30. The zero-order valence-corrected chi connectivity index (χ0v) is 24.3. The molecule has 0 spiro atoms. The summed E-state index contributed by atoms with van der Waals surface area (Å²) >= 11 is 0. The molecule has 0 heterocycles. The quantitative estimate of drug-likeness (QED) is 0.191. The Morgan fingerprint density at radius 1 is 1.08 bits per heavy atom. The SMILES string of the molecule is [2H]C([2H])([2H])C(CNC(=O)[C@@H](C[C@H](O)[C@@H](N)C[C@@H](Cc1ccc(OC)c(OCCCOC)c1)C(C)C)C(C)C)(C(N)=O)C([2H])([2H])[2H]. The lowest BCUT2D eigenvalue weighted by molar-refractivity contribution is -0.130. The molecule has 1 rings (SSSR count). The molecule has 0 saturated carbocycles. The maximum atomic E-state index is 13.2. The van der Waals surface area contributed by atoms with Crippen molar-refractivity contribution in [3.63, 3.8) is 0 Å². The first-order chi connectivity index (χ1) is 20.7. The number of ether oxygens (including phenoxy) is 3. The summed E-state index contributed by atoms with van der Waals surface area (Å²) in [6.07, 6.45) is 0.689. The first-order valence-electron chi connectivity index (χ1n) is 16.5. The number of aliphatic hydroxyl groups is 1. The van der Waals surface area contributed by atoms with E-state index in [1.54, 1.807) is 28.1 Å². The Balaban J connectivity index is 3.03. The number of primary amides is 1. The fourth-order valence-electron chi connectivity index (χ4n) is 4.30. The van der Waals surface area contributed by atoms with Crippen molar-refractivity contribution in [2.45, 2.75) is 79.2 Å². The fraction of sp³-hybridized carbons (Fsp3) is 0.733. The molecule has 1 aromatic rings. The van der Waals surface area contributed by atoms with Crippen molar-refractivity contribution in [3.8, 4) is 11.5 Å². The summed E-state index contributed by atoms with van der Waals surface area (Å²) in [5.74, 6) is -1.90. The Bertz CT molecular complexity index is 1070. The molecule has 0 radical (unpaired) electrons. The van der Waals surface area contributed by atoms with Gasteiger partial charge in [-0.1, -0.05) is 33.8 Å². The Morgan fingerprint density at radius 3 is 2.31 bits per heavy atom. The van der Waals surface area contributed by atoms with Gasteiger partial charge in [0.25, 0.3) is 0 Å². The molecule has 0 unspecified atom stereocenters. The van der Waals surface area contributed by atoms with Crippen LogP contribution < -0.4 is 26.3 Å². The molecule has 0 aromatic heterocycles. The van der Waals surface area contributed by atoms with Crippen LogP contribution in [-0.4, -0.2) is 63.0 Å². The van der Waals surface area contributed by atoms with Gasteiger partial charge in [-0.25, -0.2) is 0 Å². The molecule has 9 nitrogen and oxygen atoms in total. The number of hydrogen-bond donors (Lipinski definition) is 4. The van der Waals surface area contributed by atoms with Crippen LogP contribution in [0.5, 0.6) is 11.5 Å². The molecule has 9 heteroatoms. The number of benzene rings is 1. The van der Waals surface area contributed by atoms with Crippen molar-refractivity contribution in [3.05, 3.63) is 23.8 Å². The van der Waals surface area contributed by atoms with Crippen LogP contribution in [0.1, 0.15) is 74.4 Å². The summed E-state index contributed by atoms with van der Waals surface area (Å²) in [5.41, 5.74) is 9.79. The molecule has 39 heavy (non-hydrogen) atoms. The van der Waals surface area contributed by atoms with E-state index in [9.17, 15) is 14.7 Å². The topological polar surface area (TPSA) is 146 Å². The summed E-state index contributed by atoms with van der Waals surface area (Å²) in [6, 6.07) is 5.06. The fourth-order valence-corrected chi connectivity index (χ4v) is 4.30. The van der Waals surface area contributed by atoms with Crippen molar-refractivity contribution < 1.29 is 37.1 Å². The Kier molecular flexibility index (Phi) is 10.9. The molecule has 0 aliphatic carbocycles. The molecule has 224 valence electrons. The third kappa shape index (κ3) is 11.7. The third-order valence-electron chi connectivity index (χ3n) is 7.07. The number of rotatable bonds is 19. The average Bonchev–Trinajstić information content (AvgIpc) is 2.91. The summed E-state index contributed by atoms with van der Waals surface area (Å²) in [6.45, 7) is 1.06. The number of carbonyl (C=O) groups excluding carboxylic acids is 2. The van der Waals surface area contributed by atoms with Crippen LogP contribution in [0, 0.1) is 29.1 Å². The van der Waals surface area contributed by atoms with Gasteiger partial charge in [-0.05, 0) is 68.4 Å². The van der Waals surface area contributed by atoms with Crippen LogP contribution in [0.15, 0.2) is 18.2 Å². The maximum Gasteiger partial charge on any atom is 0.224 e. The Labute approximate surface area is 243 Å². The monoisotopic (exact) mass is 557 g/mol. The summed E-state index contributed by atoms with van der Waals surface area (Å²) in [7, 11) is 3.21. The van der Waals surface area contributed by atoms with Crippen LogP contribution in [0.3, 0.4) is 0 Å². The van der Waals surface area contributed by atoms with Crippen LogP contribution in [-0.2, 0) is 20.7 Å². The third-order valence-corrected chi connectivity index (χ3v) is 7.07. The van der Waals surface area contributed by atoms with E-state index in [0.717, 1.165) is 12.0 Å². The van der Waals surface area contributed by atoms with Gasteiger partial charge >= 0.3 is 0 Å². The highest BCUT2D eigenvalue weighted by Crippen LogP contribution is 2.32. The van der Waals surface area contributed by atoms with Crippen molar-refractivity contribution in [1.82, 2.24) is 5.32 Å². The van der Waals surface area contributed by atoms with Crippen molar-refractivity contribution in [2.75, 3.05) is 34.0 Å². The van der Waals surface area contributed by atoms with E-state index in [-0.39, 0.29) is 24.2 Å². The van der Waals surface area contributed by atoms with Gasteiger partial charge in [0.15, 0.2) is 11.5 Å². The van der Waals surface area contributed by atoms with Crippen LogP contribution in [0.4, 0.5) is 0 Å². The van der Waals surface area contributed by atoms with Crippen molar-refractivity contribution in [2.24, 2.45) is 40.6 Å². The summed E-state index contributed by atoms with van der Waals surface area (Å²) in [5, 5.41) is 13.4. The maximum absolute atomic E-state index is 13.2. The number of nitrogens with two attached hydrogens (primary N) is 2. The summed E-state index contributed by atoms with van der Waals surface area (Å²) in [4.78, 5) is 25.4. The van der Waals surface area contributed by atoms with Gasteiger partial charge in [0.2, 0.25) is 11.8 Å². The summed E-state index contributed by atoms with van der Waals surface area (Å²) < 4.78 is 62.8. The smallest absolute Gasteiger partial charge is 0.224 e. The normalized spacial score (nSPS) is 18.0. The minimum atomic E-state index is -3.31. The van der Waals surface area contributed by atoms with Crippen LogP contribution in [0.25, 0.3) is 0 Å². The molecule has 0 saturated heterocycles. The van der Waals surface area contributed by atoms with Gasteiger partial charge in [0.05, 0.1) is 25.2 Å². The van der Waals surface area contributed by atoms with Gasteiger partial charge in [0, 0.05) is 46.9 Å². The molecule has 0 bridgehead atoms. The van der Waals surface area contributed by atoms with Gasteiger partial charge in [0.1, 0.15) is 0 Å². The molecule has 0 fully saturated rings. The molecule has 2 amide bonds. The van der Waals surface area contributed by atoms with Crippen molar-refractivity contribution in [1.29, 1.82) is 0 Å². The van der Waals surface area contributed by atoms with Crippen molar-refractivity contribution >= 4 is 11.8 Å². The van der Waals surface area contributed by atoms with E-state index in [1.807, 2.05) is 18.2 Å². The zero-order chi connectivity index (χ0) is 34.8. The minimum absolute atomic E-state index is 0.0530. The van der Waals surface area contributed by atoms with Gasteiger partial charge in [-0.15, -0.1) is 0 Å². The Hall–Kier alpha value is -2.36.